The maximum atomic E-state index is 8.74. The highest BCUT2D eigenvalue weighted by Crippen LogP contribution is 2.17. The van der Waals surface area contributed by atoms with Gasteiger partial charge in [-0.25, -0.2) is 0 Å². The standard InChI is InChI=1S/C13H14N4/c14-6-5-12-10-17(8-7-16-12)13-3-1-11(9-15)2-4-13/h1-4,12,16H,5,7-8,10H2. The van der Waals surface area contributed by atoms with E-state index in [1.54, 1.807) is 0 Å². The second kappa shape index (κ2) is 5.34. The van der Waals surface area contributed by atoms with Gasteiger partial charge in [-0.05, 0) is 24.3 Å². The average molecular weight is 226 g/mol. The Morgan fingerprint density at radius 3 is 2.71 bits per heavy atom. The maximum absolute atomic E-state index is 8.74. The van der Waals surface area contributed by atoms with Gasteiger partial charge in [0.05, 0.1) is 24.1 Å². The van der Waals surface area contributed by atoms with Gasteiger partial charge in [0.25, 0.3) is 0 Å². The molecule has 0 aromatic heterocycles. The van der Waals surface area contributed by atoms with Crippen LogP contribution >= 0.6 is 0 Å². The topological polar surface area (TPSA) is 62.9 Å². The Hall–Kier alpha value is -2.04. The van der Waals surface area contributed by atoms with Gasteiger partial charge in [0.1, 0.15) is 0 Å². The molecule has 1 aliphatic heterocycles. The fourth-order valence-corrected chi connectivity index (χ4v) is 2.05. The minimum absolute atomic E-state index is 0.240. The summed E-state index contributed by atoms with van der Waals surface area (Å²) >= 11 is 0. The summed E-state index contributed by atoms with van der Waals surface area (Å²) in [5.41, 5.74) is 1.80. The predicted octanol–water partition coefficient (Wildman–Crippen LogP) is 1.25. The van der Waals surface area contributed by atoms with Gasteiger partial charge in [-0.2, -0.15) is 10.5 Å². The lowest BCUT2D eigenvalue weighted by Crippen LogP contribution is -2.50. The van der Waals surface area contributed by atoms with Crippen LogP contribution in [0.4, 0.5) is 5.69 Å². The van der Waals surface area contributed by atoms with Crippen LogP contribution in [0.2, 0.25) is 0 Å². The van der Waals surface area contributed by atoms with Crippen LogP contribution in [-0.2, 0) is 0 Å². The molecule has 4 nitrogen and oxygen atoms in total. The summed E-state index contributed by atoms with van der Waals surface area (Å²) in [7, 11) is 0. The molecular weight excluding hydrogens is 212 g/mol. The van der Waals surface area contributed by atoms with Gasteiger partial charge < -0.3 is 10.2 Å². The summed E-state index contributed by atoms with van der Waals surface area (Å²) < 4.78 is 0. The first kappa shape index (κ1) is 11.4. The van der Waals surface area contributed by atoms with Crippen LogP contribution < -0.4 is 10.2 Å². The number of hydrogen-bond donors (Lipinski definition) is 1. The van der Waals surface area contributed by atoms with Crippen molar-refractivity contribution in [1.82, 2.24) is 5.32 Å². The predicted molar refractivity (Wildman–Crippen MR) is 65.4 cm³/mol. The normalized spacial score (nSPS) is 19.4. The Labute approximate surface area is 101 Å². The summed E-state index contributed by atoms with van der Waals surface area (Å²) in [6, 6.07) is 12.1. The van der Waals surface area contributed by atoms with Crippen LogP contribution in [0.3, 0.4) is 0 Å². The van der Waals surface area contributed by atoms with Crippen molar-refractivity contribution in [2.75, 3.05) is 24.5 Å². The molecule has 0 aliphatic carbocycles. The second-order valence-electron chi connectivity index (χ2n) is 4.12. The van der Waals surface area contributed by atoms with E-state index in [0.29, 0.717) is 12.0 Å². The molecule has 2 rings (SSSR count). The average Bonchev–Trinajstić information content (AvgIpc) is 2.40. The highest BCUT2D eigenvalue weighted by molar-refractivity contribution is 5.50. The molecule has 1 unspecified atom stereocenters. The first-order chi connectivity index (χ1) is 8.33. The number of anilines is 1. The minimum atomic E-state index is 0.240. The molecule has 1 heterocycles. The summed E-state index contributed by atoms with van der Waals surface area (Å²) in [5, 5.41) is 20.8. The molecule has 0 amide bonds. The lowest BCUT2D eigenvalue weighted by atomic mass is 10.1. The van der Waals surface area contributed by atoms with Gasteiger partial charge in [-0.3, -0.25) is 0 Å². The highest BCUT2D eigenvalue weighted by Gasteiger charge is 2.18. The summed E-state index contributed by atoms with van der Waals surface area (Å²) in [4.78, 5) is 2.25. The van der Waals surface area contributed by atoms with E-state index in [1.165, 1.54) is 0 Å². The second-order valence-corrected chi connectivity index (χ2v) is 4.12. The third kappa shape index (κ3) is 2.75. The van der Waals surface area contributed by atoms with E-state index in [-0.39, 0.29) is 6.04 Å². The van der Waals surface area contributed by atoms with E-state index in [4.69, 9.17) is 10.5 Å². The highest BCUT2D eigenvalue weighted by atomic mass is 15.2. The molecule has 1 N–H and O–H groups in total. The molecule has 0 spiro atoms. The number of piperazine rings is 1. The molecule has 1 aromatic rings. The lowest BCUT2D eigenvalue weighted by Gasteiger charge is -2.34. The third-order valence-electron chi connectivity index (χ3n) is 2.95. The van der Waals surface area contributed by atoms with Crippen LogP contribution in [0.15, 0.2) is 24.3 Å². The summed E-state index contributed by atoms with van der Waals surface area (Å²) in [6.45, 7) is 2.68. The Balaban J connectivity index is 2.06. The Morgan fingerprint density at radius 2 is 2.06 bits per heavy atom. The van der Waals surface area contributed by atoms with Crippen LogP contribution in [0.1, 0.15) is 12.0 Å². The zero-order valence-corrected chi connectivity index (χ0v) is 9.56. The molecule has 0 saturated carbocycles. The zero-order valence-electron chi connectivity index (χ0n) is 9.56. The quantitative estimate of drug-likeness (QED) is 0.824. The van der Waals surface area contributed by atoms with Gasteiger partial charge in [-0.1, -0.05) is 0 Å². The van der Waals surface area contributed by atoms with Crippen molar-refractivity contribution in [2.45, 2.75) is 12.5 Å². The number of nitrogens with zero attached hydrogens (tertiary/aromatic N) is 3. The molecule has 0 radical (unpaired) electrons. The minimum Gasteiger partial charge on any atom is -0.369 e. The van der Waals surface area contributed by atoms with E-state index in [2.05, 4.69) is 22.4 Å². The molecular formula is C13H14N4. The lowest BCUT2D eigenvalue weighted by molar-refractivity contribution is 0.463. The van der Waals surface area contributed by atoms with Gasteiger partial charge in [0.15, 0.2) is 0 Å². The number of hydrogen-bond acceptors (Lipinski definition) is 4. The van der Waals surface area contributed by atoms with Crippen molar-refractivity contribution in [3.63, 3.8) is 0 Å². The van der Waals surface area contributed by atoms with Crippen molar-refractivity contribution in [3.8, 4) is 12.1 Å². The van der Waals surface area contributed by atoms with Gasteiger partial charge in [-0.15, -0.1) is 0 Å². The SMILES string of the molecule is N#CCC1CN(c2ccc(C#N)cc2)CCN1. The number of rotatable bonds is 2. The van der Waals surface area contributed by atoms with Crippen molar-refractivity contribution in [1.29, 1.82) is 10.5 Å². The largest absolute Gasteiger partial charge is 0.369 e. The monoisotopic (exact) mass is 226 g/mol. The number of benzene rings is 1. The van der Waals surface area contributed by atoms with E-state index in [0.717, 1.165) is 25.3 Å². The molecule has 17 heavy (non-hydrogen) atoms. The molecule has 4 heteroatoms. The van der Waals surface area contributed by atoms with Crippen molar-refractivity contribution >= 4 is 5.69 Å². The van der Waals surface area contributed by atoms with E-state index < -0.39 is 0 Å². The van der Waals surface area contributed by atoms with Crippen LogP contribution in [0, 0.1) is 22.7 Å². The van der Waals surface area contributed by atoms with Gasteiger partial charge in [0, 0.05) is 31.4 Å². The van der Waals surface area contributed by atoms with Gasteiger partial charge in [0.2, 0.25) is 0 Å². The Morgan fingerprint density at radius 1 is 1.29 bits per heavy atom. The smallest absolute Gasteiger partial charge is 0.0991 e. The number of nitrogens with one attached hydrogen (secondary N) is 1. The maximum Gasteiger partial charge on any atom is 0.0991 e. The van der Waals surface area contributed by atoms with E-state index in [1.807, 2.05) is 24.3 Å². The van der Waals surface area contributed by atoms with Crippen LogP contribution in [0.5, 0.6) is 0 Å². The molecule has 1 saturated heterocycles. The molecule has 86 valence electrons. The first-order valence-electron chi connectivity index (χ1n) is 5.69. The molecule has 0 bridgehead atoms. The summed E-state index contributed by atoms with van der Waals surface area (Å²) in [5.74, 6) is 0. The zero-order chi connectivity index (χ0) is 12.1. The van der Waals surface area contributed by atoms with Crippen LogP contribution in [-0.4, -0.2) is 25.7 Å². The summed E-state index contributed by atoms with van der Waals surface area (Å²) in [6.07, 6.45) is 0.535. The third-order valence-corrected chi connectivity index (χ3v) is 2.95. The van der Waals surface area contributed by atoms with Crippen molar-refractivity contribution < 1.29 is 0 Å². The van der Waals surface area contributed by atoms with Crippen molar-refractivity contribution in [3.05, 3.63) is 29.8 Å². The Bertz CT molecular complexity index is 452. The van der Waals surface area contributed by atoms with Crippen LogP contribution in [0.25, 0.3) is 0 Å². The fraction of sp³-hybridized carbons (Fsp3) is 0.385. The van der Waals surface area contributed by atoms with Crippen molar-refractivity contribution in [2.24, 2.45) is 0 Å². The Kier molecular flexibility index (Phi) is 3.59. The van der Waals surface area contributed by atoms with Gasteiger partial charge >= 0.3 is 0 Å². The van der Waals surface area contributed by atoms with E-state index >= 15 is 0 Å². The fourth-order valence-electron chi connectivity index (χ4n) is 2.05. The molecule has 1 aliphatic rings. The first-order valence-corrected chi connectivity index (χ1v) is 5.69. The molecule has 1 fully saturated rings. The molecule has 1 atom stereocenters. The molecule has 1 aromatic carbocycles. The van der Waals surface area contributed by atoms with E-state index in [9.17, 15) is 0 Å². The number of nitriles is 2.